The fourth-order valence-electron chi connectivity index (χ4n) is 5.82. The molecule has 13 heteroatoms. The van der Waals surface area contributed by atoms with Crippen LogP contribution in [-0.2, 0) is 17.7 Å². The number of hydrogen-bond acceptors (Lipinski definition) is 10. The fourth-order valence-corrected chi connectivity index (χ4v) is 5.82. The fraction of sp³-hybridized carbons (Fsp3) is 0.455. The number of aromatic nitrogens is 4. The maximum atomic E-state index is 12.5. The van der Waals surface area contributed by atoms with Gasteiger partial charge in [0, 0.05) is 24.3 Å². The standard InChI is InChI=1S/C33H44N8O5/c1-2-3-7-21-11-13-24(14-12-21)40-33(45)36-15-6-8-22(17-35-18-23-9-4-5-10-25(23)42)16-26-28(43)29(44)32(46-26)41-20-39-27-30(34)37-19-38-31(27)41/h4-5,9-14,19-20,22,26,28-29,32,35,42-44H,2-3,6-8,15-18H2,1H3,(H2,34,37,38)(H2,36,40,45)/t22-,26+,28?,29-,32+/m0/s1. The summed E-state index contributed by atoms with van der Waals surface area (Å²) in [5.41, 5.74) is 9.49. The van der Waals surface area contributed by atoms with Crippen LogP contribution in [0.4, 0.5) is 16.3 Å². The second-order valence-corrected chi connectivity index (χ2v) is 11.8. The average molecular weight is 633 g/mol. The predicted molar refractivity (Wildman–Crippen MR) is 175 cm³/mol. The van der Waals surface area contributed by atoms with Crippen molar-refractivity contribution >= 4 is 28.7 Å². The van der Waals surface area contributed by atoms with Crippen LogP contribution < -0.4 is 21.7 Å². The number of phenols is 1. The number of aromatic hydroxyl groups is 1. The number of unbranched alkanes of at least 4 members (excludes halogenated alkanes) is 1. The summed E-state index contributed by atoms with van der Waals surface area (Å²) in [5, 5.41) is 41.3. The van der Waals surface area contributed by atoms with Crippen LogP contribution in [0.2, 0.25) is 0 Å². The van der Waals surface area contributed by atoms with E-state index < -0.39 is 24.5 Å². The Balaban J connectivity index is 1.17. The second kappa shape index (κ2) is 15.8. The number of fused-ring (bicyclic) bond motifs is 1. The van der Waals surface area contributed by atoms with Crippen LogP contribution in [0.1, 0.15) is 56.4 Å². The molecule has 1 unspecified atom stereocenters. The summed E-state index contributed by atoms with van der Waals surface area (Å²) in [4.78, 5) is 25.0. The predicted octanol–water partition coefficient (Wildman–Crippen LogP) is 3.47. The average Bonchev–Trinajstić information content (AvgIpc) is 3.60. The third kappa shape index (κ3) is 8.29. The van der Waals surface area contributed by atoms with E-state index in [4.69, 9.17) is 10.5 Å². The quantitative estimate of drug-likeness (QED) is 0.0955. The maximum Gasteiger partial charge on any atom is 0.319 e. The number of nitrogens with one attached hydrogen (secondary N) is 3. The Morgan fingerprint density at radius 1 is 1.07 bits per heavy atom. The number of nitrogens with zero attached hydrogens (tertiary/aromatic N) is 4. The van der Waals surface area contributed by atoms with Crippen LogP contribution in [0.5, 0.6) is 5.75 Å². The first kappa shape index (κ1) is 33.1. The highest BCUT2D eigenvalue weighted by atomic mass is 16.6. The number of anilines is 2. The lowest BCUT2D eigenvalue weighted by Gasteiger charge is -2.23. The highest BCUT2D eigenvalue weighted by Gasteiger charge is 2.44. The van der Waals surface area contributed by atoms with Crippen LogP contribution in [0.15, 0.2) is 61.2 Å². The molecule has 2 amide bonds. The summed E-state index contributed by atoms with van der Waals surface area (Å²) in [6.45, 7) is 3.65. The number of aryl methyl sites for hydroxylation is 1. The van der Waals surface area contributed by atoms with Gasteiger partial charge in [-0.1, -0.05) is 43.7 Å². The van der Waals surface area contributed by atoms with Crippen molar-refractivity contribution in [3.63, 3.8) is 0 Å². The van der Waals surface area contributed by atoms with Crippen molar-refractivity contribution in [1.29, 1.82) is 0 Å². The summed E-state index contributed by atoms with van der Waals surface area (Å²) in [5.74, 6) is 0.455. The molecule has 1 fully saturated rings. The van der Waals surface area contributed by atoms with E-state index in [1.54, 1.807) is 16.7 Å². The van der Waals surface area contributed by atoms with Crippen LogP contribution in [0, 0.1) is 5.92 Å². The number of amides is 2. The van der Waals surface area contributed by atoms with E-state index in [0.29, 0.717) is 50.1 Å². The van der Waals surface area contributed by atoms with Gasteiger partial charge in [0.25, 0.3) is 0 Å². The molecule has 0 aliphatic carbocycles. The number of nitrogens with two attached hydrogens (primary N) is 1. The molecule has 1 aliphatic rings. The highest BCUT2D eigenvalue weighted by molar-refractivity contribution is 5.89. The van der Waals surface area contributed by atoms with Gasteiger partial charge >= 0.3 is 6.03 Å². The molecule has 8 N–H and O–H groups in total. The monoisotopic (exact) mass is 632 g/mol. The number of aliphatic hydroxyl groups is 2. The van der Waals surface area contributed by atoms with E-state index in [0.717, 1.165) is 30.5 Å². The lowest BCUT2D eigenvalue weighted by molar-refractivity contribution is -0.0416. The van der Waals surface area contributed by atoms with E-state index in [9.17, 15) is 20.1 Å². The smallest absolute Gasteiger partial charge is 0.319 e. The lowest BCUT2D eigenvalue weighted by Crippen LogP contribution is -2.35. The Hall–Kier alpha value is -4.30. The number of aliphatic hydroxyl groups excluding tert-OH is 2. The summed E-state index contributed by atoms with van der Waals surface area (Å²) in [6.07, 6.45) is 4.03. The Kier molecular flexibility index (Phi) is 11.4. The molecule has 0 saturated carbocycles. The number of rotatable bonds is 15. The molecule has 246 valence electrons. The SMILES string of the molecule is CCCCc1ccc(NC(=O)NCCC[C@H](CNCc2ccccc2O)C[C@H]2O[C@@H](n3cnc4c(N)ncnc43)[C@@H](O)C2O)cc1. The van der Waals surface area contributed by atoms with E-state index in [-0.39, 0.29) is 23.5 Å². The molecule has 1 saturated heterocycles. The largest absolute Gasteiger partial charge is 0.508 e. The van der Waals surface area contributed by atoms with E-state index >= 15 is 0 Å². The van der Waals surface area contributed by atoms with Gasteiger partial charge in [-0.05, 0) is 68.3 Å². The number of carbonyl (C=O) groups is 1. The molecule has 46 heavy (non-hydrogen) atoms. The number of urea groups is 1. The van der Waals surface area contributed by atoms with Crippen LogP contribution >= 0.6 is 0 Å². The normalized spacial score (nSPS) is 20.2. The Morgan fingerprint density at radius 3 is 2.65 bits per heavy atom. The Morgan fingerprint density at radius 2 is 1.87 bits per heavy atom. The Bertz CT molecular complexity index is 1570. The third-order valence-electron chi connectivity index (χ3n) is 8.41. The molecular weight excluding hydrogens is 588 g/mol. The van der Waals surface area contributed by atoms with Gasteiger partial charge in [0.15, 0.2) is 17.7 Å². The van der Waals surface area contributed by atoms with Crippen molar-refractivity contribution in [1.82, 2.24) is 30.2 Å². The summed E-state index contributed by atoms with van der Waals surface area (Å²) >= 11 is 0. The van der Waals surface area contributed by atoms with Gasteiger partial charge in [-0.25, -0.2) is 19.7 Å². The van der Waals surface area contributed by atoms with Gasteiger partial charge in [-0.2, -0.15) is 0 Å². The molecule has 0 spiro atoms. The van der Waals surface area contributed by atoms with Gasteiger partial charge in [0.2, 0.25) is 0 Å². The number of phenolic OH excluding ortho intramolecular Hbond substituents is 1. The van der Waals surface area contributed by atoms with Gasteiger partial charge in [0.05, 0.1) is 12.4 Å². The molecule has 5 atom stereocenters. The number of hydrogen-bond donors (Lipinski definition) is 7. The number of benzene rings is 2. The first-order chi connectivity index (χ1) is 22.3. The van der Waals surface area contributed by atoms with Crippen LogP contribution in [0.3, 0.4) is 0 Å². The molecule has 3 heterocycles. The molecule has 0 bridgehead atoms. The minimum Gasteiger partial charge on any atom is -0.508 e. The summed E-state index contributed by atoms with van der Waals surface area (Å²) < 4.78 is 7.77. The van der Waals surface area contributed by atoms with Crippen LogP contribution in [0.25, 0.3) is 11.2 Å². The maximum absolute atomic E-state index is 12.5. The first-order valence-corrected chi connectivity index (χ1v) is 15.9. The minimum atomic E-state index is -1.21. The number of imidazole rings is 1. The number of nitrogen functional groups attached to an aromatic ring is 1. The zero-order valence-electron chi connectivity index (χ0n) is 26.0. The first-order valence-electron chi connectivity index (χ1n) is 15.9. The summed E-state index contributed by atoms with van der Waals surface area (Å²) in [7, 11) is 0. The third-order valence-corrected chi connectivity index (χ3v) is 8.41. The van der Waals surface area contributed by atoms with Gasteiger partial charge < -0.3 is 41.7 Å². The highest BCUT2D eigenvalue weighted by Crippen LogP contribution is 2.35. The molecule has 4 aromatic rings. The Labute approximate surface area is 268 Å². The van der Waals surface area contributed by atoms with Gasteiger partial charge in [0.1, 0.15) is 29.8 Å². The minimum absolute atomic E-state index is 0.0227. The molecule has 2 aromatic carbocycles. The number of carbonyl (C=O) groups excluding carboxylic acids is 1. The molecular formula is C33H44N8O5. The number of para-hydroxylation sites is 1. The van der Waals surface area contributed by atoms with E-state index in [1.807, 2.05) is 36.4 Å². The van der Waals surface area contributed by atoms with E-state index in [2.05, 4.69) is 37.8 Å². The molecule has 1 aliphatic heterocycles. The van der Waals surface area contributed by atoms with Gasteiger partial charge in [-0.15, -0.1) is 0 Å². The van der Waals surface area contributed by atoms with Crippen LogP contribution in [-0.4, -0.2) is 72.3 Å². The van der Waals surface area contributed by atoms with Crippen molar-refractivity contribution in [2.24, 2.45) is 5.92 Å². The second-order valence-electron chi connectivity index (χ2n) is 11.8. The van der Waals surface area contributed by atoms with Gasteiger partial charge in [-0.3, -0.25) is 4.57 Å². The summed E-state index contributed by atoms with van der Waals surface area (Å²) in [6, 6.07) is 14.8. The zero-order valence-corrected chi connectivity index (χ0v) is 26.0. The molecule has 2 aromatic heterocycles. The van der Waals surface area contributed by atoms with Crippen molar-refractivity contribution in [2.45, 2.75) is 76.5 Å². The zero-order chi connectivity index (χ0) is 32.5. The van der Waals surface area contributed by atoms with Crippen molar-refractivity contribution < 1.29 is 24.9 Å². The van der Waals surface area contributed by atoms with Crippen molar-refractivity contribution in [2.75, 3.05) is 24.1 Å². The lowest BCUT2D eigenvalue weighted by atomic mass is 9.93. The van der Waals surface area contributed by atoms with E-state index in [1.165, 1.54) is 18.2 Å². The topological polar surface area (TPSA) is 193 Å². The molecule has 13 nitrogen and oxygen atoms in total. The molecule has 0 radical (unpaired) electrons. The molecule has 5 rings (SSSR count). The van der Waals surface area contributed by atoms with Crippen molar-refractivity contribution in [3.8, 4) is 5.75 Å². The number of ether oxygens (including phenoxy) is 1. The van der Waals surface area contributed by atoms with Crippen molar-refractivity contribution in [3.05, 3.63) is 72.3 Å².